The molecule has 0 bridgehead atoms. The van der Waals surface area contributed by atoms with E-state index in [-0.39, 0.29) is 6.04 Å². The van der Waals surface area contributed by atoms with E-state index in [1.165, 1.54) is 5.56 Å². The smallest absolute Gasteiger partial charge is 0.124 e. The summed E-state index contributed by atoms with van der Waals surface area (Å²) in [5.74, 6) is 1.65. The number of hydrogen-bond donors (Lipinski definition) is 1. The second-order valence-electron chi connectivity index (χ2n) is 4.85. The van der Waals surface area contributed by atoms with Crippen molar-refractivity contribution in [3.05, 3.63) is 57.6 Å². The molecular weight excluding hydrogens is 330 g/mol. The summed E-state index contributed by atoms with van der Waals surface area (Å²) in [6.07, 6.45) is 0. The number of halogens is 1. The van der Waals surface area contributed by atoms with Crippen LogP contribution < -0.4 is 14.8 Å². The second-order valence-corrected chi connectivity index (χ2v) is 5.71. The Morgan fingerprint density at radius 1 is 1.00 bits per heavy atom. The van der Waals surface area contributed by atoms with Gasteiger partial charge in [0.25, 0.3) is 0 Å². The average Bonchev–Trinajstić information content (AvgIpc) is 2.49. The van der Waals surface area contributed by atoms with Crippen LogP contribution in [-0.2, 0) is 0 Å². The zero-order valence-electron chi connectivity index (χ0n) is 12.7. The topological polar surface area (TPSA) is 30.5 Å². The van der Waals surface area contributed by atoms with Crippen LogP contribution in [0.15, 0.2) is 40.9 Å². The van der Waals surface area contributed by atoms with Gasteiger partial charge in [-0.2, -0.15) is 0 Å². The Hall–Kier alpha value is -1.52. The summed E-state index contributed by atoms with van der Waals surface area (Å²) < 4.78 is 11.9. The minimum absolute atomic E-state index is 0.0185. The number of benzene rings is 2. The van der Waals surface area contributed by atoms with Crippen LogP contribution in [0, 0.1) is 6.92 Å². The first-order chi connectivity index (χ1) is 10.1. The predicted octanol–water partition coefficient (Wildman–Crippen LogP) is 4.08. The third-order valence-electron chi connectivity index (χ3n) is 3.50. The summed E-state index contributed by atoms with van der Waals surface area (Å²) >= 11 is 3.66. The fraction of sp³-hybridized carbons (Fsp3) is 0.294. The van der Waals surface area contributed by atoms with Gasteiger partial charge in [0.05, 0.1) is 20.3 Å². The standard InChI is InChI=1S/C17H20BrNO2/c1-11-5-7-13(15(18)9-11)17(19-2)14-10-12(20-3)6-8-16(14)21-4/h5-10,17,19H,1-4H3. The molecule has 0 aliphatic rings. The van der Waals surface area contributed by atoms with Gasteiger partial charge in [0, 0.05) is 10.0 Å². The van der Waals surface area contributed by atoms with Gasteiger partial charge in [-0.05, 0) is 49.4 Å². The van der Waals surface area contributed by atoms with Crippen LogP contribution in [0.3, 0.4) is 0 Å². The Kier molecular flexibility index (Phi) is 5.26. The zero-order valence-corrected chi connectivity index (χ0v) is 14.3. The minimum atomic E-state index is 0.0185. The maximum atomic E-state index is 5.50. The number of rotatable bonds is 5. The van der Waals surface area contributed by atoms with E-state index >= 15 is 0 Å². The molecule has 0 radical (unpaired) electrons. The van der Waals surface area contributed by atoms with Crippen molar-refractivity contribution in [1.29, 1.82) is 0 Å². The maximum Gasteiger partial charge on any atom is 0.124 e. The lowest BCUT2D eigenvalue weighted by molar-refractivity contribution is 0.395. The van der Waals surface area contributed by atoms with Gasteiger partial charge in [-0.25, -0.2) is 0 Å². The van der Waals surface area contributed by atoms with Crippen LogP contribution in [0.5, 0.6) is 11.5 Å². The molecule has 2 aromatic rings. The maximum absolute atomic E-state index is 5.50. The van der Waals surface area contributed by atoms with E-state index in [0.29, 0.717) is 0 Å². The largest absolute Gasteiger partial charge is 0.497 e. The number of hydrogen-bond acceptors (Lipinski definition) is 3. The highest BCUT2D eigenvalue weighted by Gasteiger charge is 2.19. The van der Waals surface area contributed by atoms with Crippen molar-refractivity contribution in [3.8, 4) is 11.5 Å². The molecule has 0 saturated carbocycles. The third-order valence-corrected chi connectivity index (χ3v) is 4.19. The lowest BCUT2D eigenvalue weighted by Crippen LogP contribution is -2.19. The molecule has 2 aromatic carbocycles. The highest BCUT2D eigenvalue weighted by Crippen LogP contribution is 2.36. The molecule has 1 unspecified atom stereocenters. The second kappa shape index (κ2) is 6.96. The normalized spacial score (nSPS) is 12.0. The van der Waals surface area contributed by atoms with Crippen molar-refractivity contribution in [1.82, 2.24) is 5.32 Å². The quantitative estimate of drug-likeness (QED) is 0.881. The first-order valence-corrected chi connectivity index (χ1v) is 7.55. The van der Waals surface area contributed by atoms with Gasteiger partial charge in [-0.3, -0.25) is 0 Å². The van der Waals surface area contributed by atoms with Gasteiger partial charge in [0.1, 0.15) is 11.5 Å². The third kappa shape index (κ3) is 3.39. The molecule has 2 rings (SSSR count). The van der Waals surface area contributed by atoms with Crippen molar-refractivity contribution in [2.75, 3.05) is 21.3 Å². The van der Waals surface area contributed by atoms with E-state index in [1.807, 2.05) is 25.2 Å². The first kappa shape index (κ1) is 15.9. The lowest BCUT2D eigenvalue weighted by atomic mass is 9.97. The highest BCUT2D eigenvalue weighted by molar-refractivity contribution is 9.10. The van der Waals surface area contributed by atoms with Crippen LogP contribution in [-0.4, -0.2) is 21.3 Å². The fourth-order valence-electron chi connectivity index (χ4n) is 2.41. The van der Waals surface area contributed by atoms with Crippen molar-refractivity contribution in [3.63, 3.8) is 0 Å². The Balaban J connectivity index is 2.54. The molecule has 4 heteroatoms. The van der Waals surface area contributed by atoms with Gasteiger partial charge in [0.15, 0.2) is 0 Å². The molecule has 3 nitrogen and oxygen atoms in total. The molecule has 0 amide bonds. The molecule has 0 heterocycles. The predicted molar refractivity (Wildman–Crippen MR) is 89.3 cm³/mol. The number of aryl methyl sites for hydroxylation is 1. The van der Waals surface area contributed by atoms with Gasteiger partial charge in [-0.15, -0.1) is 0 Å². The van der Waals surface area contributed by atoms with E-state index < -0.39 is 0 Å². The van der Waals surface area contributed by atoms with Gasteiger partial charge < -0.3 is 14.8 Å². The van der Waals surface area contributed by atoms with Crippen LogP contribution >= 0.6 is 15.9 Å². The average molecular weight is 350 g/mol. The molecule has 112 valence electrons. The number of ether oxygens (including phenoxy) is 2. The fourth-order valence-corrected chi connectivity index (χ4v) is 3.13. The summed E-state index contributed by atoms with van der Waals surface area (Å²) in [7, 11) is 5.29. The molecule has 0 aliphatic carbocycles. The number of methoxy groups -OCH3 is 2. The minimum Gasteiger partial charge on any atom is -0.497 e. The van der Waals surface area contributed by atoms with E-state index in [2.05, 4.69) is 46.4 Å². The molecule has 0 aromatic heterocycles. The van der Waals surface area contributed by atoms with E-state index in [9.17, 15) is 0 Å². The molecule has 21 heavy (non-hydrogen) atoms. The monoisotopic (exact) mass is 349 g/mol. The van der Waals surface area contributed by atoms with Crippen LogP contribution in [0.2, 0.25) is 0 Å². The Labute approximate surface area is 134 Å². The van der Waals surface area contributed by atoms with Crippen LogP contribution in [0.1, 0.15) is 22.7 Å². The summed E-state index contributed by atoms with van der Waals surface area (Å²) in [5.41, 5.74) is 3.43. The summed E-state index contributed by atoms with van der Waals surface area (Å²) in [6, 6.07) is 12.2. The molecule has 0 fully saturated rings. The van der Waals surface area contributed by atoms with E-state index in [0.717, 1.165) is 27.1 Å². The van der Waals surface area contributed by atoms with Crippen molar-refractivity contribution in [2.45, 2.75) is 13.0 Å². The summed E-state index contributed by atoms with van der Waals surface area (Å²) in [6.45, 7) is 2.08. The van der Waals surface area contributed by atoms with Gasteiger partial charge >= 0.3 is 0 Å². The molecule has 0 spiro atoms. The van der Waals surface area contributed by atoms with Crippen molar-refractivity contribution < 1.29 is 9.47 Å². The van der Waals surface area contributed by atoms with E-state index in [1.54, 1.807) is 14.2 Å². The van der Waals surface area contributed by atoms with Crippen molar-refractivity contribution >= 4 is 15.9 Å². The Morgan fingerprint density at radius 2 is 1.76 bits per heavy atom. The van der Waals surface area contributed by atoms with Gasteiger partial charge in [-0.1, -0.05) is 28.1 Å². The molecule has 1 atom stereocenters. The lowest BCUT2D eigenvalue weighted by Gasteiger charge is -2.22. The summed E-state index contributed by atoms with van der Waals surface area (Å²) in [5, 5.41) is 3.36. The van der Waals surface area contributed by atoms with Crippen LogP contribution in [0.25, 0.3) is 0 Å². The molecule has 0 aliphatic heterocycles. The first-order valence-electron chi connectivity index (χ1n) is 6.76. The zero-order chi connectivity index (χ0) is 15.4. The highest BCUT2D eigenvalue weighted by atomic mass is 79.9. The van der Waals surface area contributed by atoms with E-state index in [4.69, 9.17) is 9.47 Å². The molecule has 0 saturated heterocycles. The SMILES string of the molecule is CNC(c1ccc(C)cc1Br)c1cc(OC)ccc1OC. The Morgan fingerprint density at radius 3 is 2.33 bits per heavy atom. The van der Waals surface area contributed by atoms with Crippen molar-refractivity contribution in [2.24, 2.45) is 0 Å². The van der Waals surface area contributed by atoms with Crippen LogP contribution in [0.4, 0.5) is 0 Å². The van der Waals surface area contributed by atoms with Gasteiger partial charge in [0.2, 0.25) is 0 Å². The molecular formula is C17H20BrNO2. The Bertz CT molecular complexity index is 628. The molecule has 1 N–H and O–H groups in total. The number of nitrogens with one attached hydrogen (secondary N) is 1. The summed E-state index contributed by atoms with van der Waals surface area (Å²) in [4.78, 5) is 0.